The molecule has 0 aliphatic heterocycles. The number of pyridine rings is 1. The summed E-state index contributed by atoms with van der Waals surface area (Å²) in [4.78, 5) is 32.0. The Balaban J connectivity index is 2.19. The van der Waals surface area contributed by atoms with Crippen molar-refractivity contribution in [3.8, 4) is 0 Å². The maximum absolute atomic E-state index is 12.3. The van der Waals surface area contributed by atoms with Crippen molar-refractivity contribution in [3.05, 3.63) is 51.2 Å². The topological polar surface area (TPSA) is 108 Å². The molecule has 0 aliphatic carbocycles. The summed E-state index contributed by atoms with van der Waals surface area (Å²) in [6.45, 7) is 0.334. The molecule has 118 valence electrons. The van der Waals surface area contributed by atoms with Gasteiger partial charge in [-0.3, -0.25) is 9.59 Å². The van der Waals surface area contributed by atoms with Crippen molar-refractivity contribution in [1.29, 1.82) is 0 Å². The largest absolute Gasteiger partial charge is 0.365 e. The monoisotopic (exact) mass is 350 g/mol. The molecule has 1 amide bonds. The average Bonchev–Trinajstić information content (AvgIpc) is 2.97. The minimum absolute atomic E-state index is 0.156. The predicted molar refractivity (Wildman–Crippen MR) is 85.9 cm³/mol. The molecule has 3 heterocycles. The van der Waals surface area contributed by atoms with Gasteiger partial charge in [0.2, 0.25) is 10.9 Å². The number of carbonyl (C=O) groups is 1. The van der Waals surface area contributed by atoms with E-state index in [-0.39, 0.29) is 5.56 Å². The first-order valence-electron chi connectivity index (χ1n) is 6.44. The van der Waals surface area contributed by atoms with Crippen LogP contribution in [0.25, 0.3) is 5.78 Å². The minimum atomic E-state index is -0.818. The fourth-order valence-corrected chi connectivity index (χ4v) is 2.51. The smallest absolute Gasteiger partial charge is 0.288 e. The first-order valence-corrected chi connectivity index (χ1v) is 8.04. The summed E-state index contributed by atoms with van der Waals surface area (Å²) in [6.07, 6.45) is 4.78. The molecule has 3 aromatic rings. The summed E-state index contributed by atoms with van der Waals surface area (Å²) in [6, 6.07) is 3.45. The van der Waals surface area contributed by atoms with Crippen LogP contribution in [-0.4, -0.2) is 36.3 Å². The number of carbonyl (C=O) groups excluding carboxylic acids is 1. The van der Waals surface area contributed by atoms with E-state index in [2.05, 4.69) is 15.1 Å². The lowest BCUT2D eigenvalue weighted by molar-refractivity contribution is 0.0997. The van der Waals surface area contributed by atoms with Crippen LogP contribution in [0.5, 0.6) is 0 Å². The van der Waals surface area contributed by atoms with E-state index in [1.54, 1.807) is 29.2 Å². The maximum atomic E-state index is 12.3. The summed E-state index contributed by atoms with van der Waals surface area (Å²) in [5.41, 5.74) is 5.35. The fraction of sp³-hybridized carbons (Fsp3) is 0.154. The van der Waals surface area contributed by atoms with E-state index in [4.69, 9.17) is 17.3 Å². The van der Waals surface area contributed by atoms with Gasteiger partial charge in [0.25, 0.3) is 11.5 Å². The predicted octanol–water partition coefficient (Wildman–Crippen LogP) is 0.808. The molecule has 0 saturated heterocycles. The maximum Gasteiger partial charge on any atom is 0.288 e. The van der Waals surface area contributed by atoms with Crippen molar-refractivity contribution in [2.45, 2.75) is 11.7 Å². The first kappa shape index (κ1) is 15.5. The van der Waals surface area contributed by atoms with E-state index in [1.165, 1.54) is 18.0 Å². The van der Waals surface area contributed by atoms with Crippen LogP contribution in [-0.2, 0) is 6.54 Å². The van der Waals surface area contributed by atoms with Crippen LogP contribution in [0.4, 0.5) is 0 Å². The van der Waals surface area contributed by atoms with E-state index >= 15 is 0 Å². The average molecular weight is 351 g/mol. The molecule has 8 nitrogen and oxygen atoms in total. The molecule has 0 fully saturated rings. The normalized spacial score (nSPS) is 11.0. The quantitative estimate of drug-likeness (QED) is 0.551. The zero-order chi connectivity index (χ0) is 16.6. The van der Waals surface area contributed by atoms with E-state index in [9.17, 15) is 9.59 Å². The first-order chi connectivity index (χ1) is 11.0. The van der Waals surface area contributed by atoms with Gasteiger partial charge in [-0.2, -0.15) is 9.50 Å². The third kappa shape index (κ3) is 2.92. The SMILES string of the molecule is CSc1nc2n(Cc3ccc(Cl)nc3)cc(C(N)=O)c(=O)n2n1. The van der Waals surface area contributed by atoms with Gasteiger partial charge in [0.15, 0.2) is 0 Å². The van der Waals surface area contributed by atoms with E-state index in [0.29, 0.717) is 22.6 Å². The highest BCUT2D eigenvalue weighted by molar-refractivity contribution is 7.98. The molecule has 23 heavy (non-hydrogen) atoms. The third-order valence-corrected chi connectivity index (χ3v) is 3.89. The molecule has 3 rings (SSSR count). The number of primary amides is 1. The minimum Gasteiger partial charge on any atom is -0.365 e. The van der Waals surface area contributed by atoms with Crippen LogP contribution in [0.15, 0.2) is 34.5 Å². The Morgan fingerprint density at radius 3 is 2.83 bits per heavy atom. The van der Waals surface area contributed by atoms with E-state index < -0.39 is 11.5 Å². The summed E-state index contributed by atoms with van der Waals surface area (Å²) < 4.78 is 2.70. The van der Waals surface area contributed by atoms with Crippen LogP contribution in [0, 0.1) is 0 Å². The van der Waals surface area contributed by atoms with Gasteiger partial charge in [0, 0.05) is 12.4 Å². The van der Waals surface area contributed by atoms with Gasteiger partial charge in [-0.15, -0.1) is 5.10 Å². The lowest BCUT2D eigenvalue weighted by Crippen LogP contribution is -2.29. The molecule has 10 heteroatoms. The molecule has 0 bridgehead atoms. The Bertz CT molecular complexity index is 949. The van der Waals surface area contributed by atoms with Gasteiger partial charge in [-0.25, -0.2) is 4.98 Å². The summed E-state index contributed by atoms with van der Waals surface area (Å²) in [5.74, 6) is -0.500. The molecule has 0 atom stereocenters. The molecule has 0 spiro atoms. The molecule has 0 aliphatic rings. The van der Waals surface area contributed by atoms with Gasteiger partial charge in [-0.1, -0.05) is 29.4 Å². The van der Waals surface area contributed by atoms with Crippen molar-refractivity contribution in [2.24, 2.45) is 5.73 Å². The van der Waals surface area contributed by atoms with Gasteiger partial charge >= 0.3 is 0 Å². The summed E-state index contributed by atoms with van der Waals surface area (Å²) >= 11 is 7.06. The molecule has 0 unspecified atom stereocenters. The van der Waals surface area contributed by atoms with Crippen molar-refractivity contribution >= 4 is 35.0 Å². The van der Waals surface area contributed by atoms with E-state index in [1.807, 2.05) is 0 Å². The summed E-state index contributed by atoms with van der Waals surface area (Å²) in [5, 5.41) is 4.88. The second-order valence-corrected chi connectivity index (χ2v) is 5.80. The molecule has 2 N–H and O–H groups in total. The number of aromatic nitrogens is 5. The second kappa shape index (κ2) is 6.01. The lowest BCUT2D eigenvalue weighted by atomic mass is 10.2. The standard InChI is InChI=1S/C13H11ClN6O2S/c1-23-12-17-13-19(5-7-2-3-9(14)16-4-7)6-8(10(15)21)11(22)20(13)18-12/h2-4,6H,5H2,1H3,(H2,15,21). The zero-order valence-electron chi connectivity index (χ0n) is 11.9. The number of amides is 1. The highest BCUT2D eigenvalue weighted by Crippen LogP contribution is 2.13. The lowest BCUT2D eigenvalue weighted by Gasteiger charge is -2.09. The molecule has 0 saturated carbocycles. The number of hydrogen-bond donors (Lipinski definition) is 1. The Labute approximate surface area is 139 Å². The number of thioether (sulfide) groups is 1. The van der Waals surface area contributed by atoms with Crippen LogP contribution in [0.2, 0.25) is 5.15 Å². The second-order valence-electron chi connectivity index (χ2n) is 4.64. The van der Waals surface area contributed by atoms with Gasteiger partial charge in [-0.05, 0) is 17.9 Å². The Morgan fingerprint density at radius 2 is 2.22 bits per heavy atom. The zero-order valence-corrected chi connectivity index (χ0v) is 13.5. The molecule has 0 aromatic carbocycles. The van der Waals surface area contributed by atoms with Crippen LogP contribution in [0.3, 0.4) is 0 Å². The van der Waals surface area contributed by atoms with Crippen LogP contribution >= 0.6 is 23.4 Å². The summed E-state index contributed by atoms with van der Waals surface area (Å²) in [7, 11) is 0. The number of nitrogens with two attached hydrogens (primary N) is 1. The van der Waals surface area contributed by atoms with Crippen molar-refractivity contribution in [1.82, 2.24) is 24.1 Å². The Hall–Kier alpha value is -2.39. The van der Waals surface area contributed by atoms with Crippen molar-refractivity contribution in [2.75, 3.05) is 6.26 Å². The molecule has 3 aromatic heterocycles. The molecule has 0 radical (unpaired) electrons. The highest BCUT2D eigenvalue weighted by Gasteiger charge is 2.16. The molecular weight excluding hydrogens is 340 g/mol. The fourth-order valence-electron chi connectivity index (χ4n) is 2.06. The van der Waals surface area contributed by atoms with Gasteiger partial charge in [0.1, 0.15) is 10.7 Å². The van der Waals surface area contributed by atoms with Crippen molar-refractivity contribution < 1.29 is 4.79 Å². The highest BCUT2D eigenvalue weighted by atomic mass is 35.5. The number of hydrogen-bond acceptors (Lipinski definition) is 6. The number of nitrogens with zero attached hydrogens (tertiary/aromatic N) is 5. The van der Waals surface area contributed by atoms with Gasteiger partial charge < -0.3 is 10.3 Å². The van der Waals surface area contributed by atoms with Crippen LogP contribution in [0.1, 0.15) is 15.9 Å². The van der Waals surface area contributed by atoms with Crippen molar-refractivity contribution in [3.63, 3.8) is 0 Å². The van der Waals surface area contributed by atoms with E-state index in [0.717, 1.165) is 10.1 Å². The Kier molecular flexibility index (Phi) is 4.05. The number of halogens is 1. The number of fused-ring (bicyclic) bond motifs is 1. The third-order valence-electron chi connectivity index (χ3n) is 3.12. The van der Waals surface area contributed by atoms with Crippen LogP contribution < -0.4 is 11.3 Å². The Morgan fingerprint density at radius 1 is 1.43 bits per heavy atom. The van der Waals surface area contributed by atoms with Gasteiger partial charge in [0.05, 0.1) is 6.54 Å². The number of rotatable bonds is 4. The molecular formula is C13H11ClN6O2S.